The van der Waals surface area contributed by atoms with Gasteiger partial charge in [0.1, 0.15) is 9.84 Å². The number of aromatic nitrogens is 3. The third kappa shape index (κ3) is 3.86. The van der Waals surface area contributed by atoms with Gasteiger partial charge in [-0.1, -0.05) is 21.1 Å². The molecule has 0 amide bonds. The van der Waals surface area contributed by atoms with Gasteiger partial charge in [0.15, 0.2) is 0 Å². The van der Waals surface area contributed by atoms with Crippen LogP contribution in [-0.4, -0.2) is 35.4 Å². The SMILES string of the molecule is CS(=O)(=O)CCn1cc(CBr)nn1. The van der Waals surface area contributed by atoms with Crippen LogP contribution in [0.25, 0.3) is 0 Å². The first-order valence-electron chi connectivity index (χ1n) is 3.64. The van der Waals surface area contributed by atoms with Gasteiger partial charge in [0, 0.05) is 17.8 Å². The Morgan fingerprint density at radius 3 is 2.77 bits per heavy atom. The molecule has 1 aromatic rings. The Hall–Kier alpha value is -0.430. The second-order valence-corrected chi connectivity index (χ2v) is 5.56. The molecular weight excluding hydrogens is 258 g/mol. The van der Waals surface area contributed by atoms with E-state index in [9.17, 15) is 8.42 Å². The van der Waals surface area contributed by atoms with Gasteiger partial charge >= 0.3 is 0 Å². The molecule has 0 saturated heterocycles. The van der Waals surface area contributed by atoms with Crippen molar-refractivity contribution < 1.29 is 8.42 Å². The minimum Gasteiger partial charge on any atom is -0.251 e. The Labute approximate surface area is 85.2 Å². The first-order chi connectivity index (χ1) is 6.01. The highest BCUT2D eigenvalue weighted by atomic mass is 79.9. The van der Waals surface area contributed by atoms with Gasteiger partial charge in [-0.05, 0) is 0 Å². The summed E-state index contributed by atoms with van der Waals surface area (Å²) in [5.41, 5.74) is 0.800. The number of hydrogen-bond acceptors (Lipinski definition) is 4. The van der Waals surface area contributed by atoms with Crippen molar-refractivity contribution in [3.8, 4) is 0 Å². The van der Waals surface area contributed by atoms with Crippen molar-refractivity contribution >= 4 is 25.8 Å². The van der Waals surface area contributed by atoms with Gasteiger partial charge in [-0.3, -0.25) is 4.68 Å². The molecule has 5 nitrogen and oxygen atoms in total. The Balaban J connectivity index is 2.55. The van der Waals surface area contributed by atoms with Crippen molar-refractivity contribution in [3.05, 3.63) is 11.9 Å². The fourth-order valence-electron chi connectivity index (χ4n) is 0.768. The van der Waals surface area contributed by atoms with Gasteiger partial charge in [0.2, 0.25) is 0 Å². The molecule has 0 aliphatic carbocycles. The predicted molar refractivity (Wildman–Crippen MR) is 52.4 cm³/mol. The molecule has 0 fully saturated rings. The lowest BCUT2D eigenvalue weighted by Crippen LogP contribution is -2.11. The quantitative estimate of drug-likeness (QED) is 0.733. The van der Waals surface area contributed by atoms with Crippen LogP contribution < -0.4 is 0 Å². The topological polar surface area (TPSA) is 64.8 Å². The molecule has 0 saturated carbocycles. The molecule has 0 aromatic carbocycles. The van der Waals surface area contributed by atoms with Gasteiger partial charge in [-0.25, -0.2) is 8.42 Å². The zero-order valence-corrected chi connectivity index (χ0v) is 9.55. The average Bonchev–Trinajstić information content (AvgIpc) is 2.47. The van der Waals surface area contributed by atoms with Crippen molar-refractivity contribution in [1.29, 1.82) is 0 Å². The van der Waals surface area contributed by atoms with Crippen LogP contribution in [0.1, 0.15) is 5.69 Å². The first-order valence-corrected chi connectivity index (χ1v) is 6.82. The van der Waals surface area contributed by atoms with E-state index in [0.717, 1.165) is 5.69 Å². The van der Waals surface area contributed by atoms with Crippen LogP contribution in [-0.2, 0) is 21.7 Å². The average molecular weight is 268 g/mol. The molecule has 0 spiro atoms. The summed E-state index contributed by atoms with van der Waals surface area (Å²) in [6.45, 7) is 0.360. The maximum Gasteiger partial charge on any atom is 0.149 e. The van der Waals surface area contributed by atoms with Crippen molar-refractivity contribution in [2.45, 2.75) is 11.9 Å². The summed E-state index contributed by atoms with van der Waals surface area (Å²) < 4.78 is 23.1. The molecule has 0 unspecified atom stereocenters. The van der Waals surface area contributed by atoms with Gasteiger partial charge in [0.25, 0.3) is 0 Å². The van der Waals surface area contributed by atoms with Crippen LogP contribution in [0, 0.1) is 0 Å². The van der Waals surface area contributed by atoms with Gasteiger partial charge in [-0.15, -0.1) is 5.10 Å². The van der Waals surface area contributed by atoms with E-state index in [0.29, 0.717) is 11.9 Å². The Morgan fingerprint density at radius 2 is 2.31 bits per heavy atom. The van der Waals surface area contributed by atoms with Crippen molar-refractivity contribution in [2.75, 3.05) is 12.0 Å². The Bertz CT molecular complexity index is 373. The molecule has 0 N–H and O–H groups in total. The zero-order chi connectivity index (χ0) is 9.90. The number of halogens is 1. The number of alkyl halides is 1. The highest BCUT2D eigenvalue weighted by Gasteiger charge is 2.04. The second-order valence-electron chi connectivity index (χ2n) is 2.74. The molecule has 74 valence electrons. The van der Waals surface area contributed by atoms with E-state index in [2.05, 4.69) is 26.2 Å². The normalized spacial score (nSPS) is 11.8. The monoisotopic (exact) mass is 267 g/mol. The van der Waals surface area contributed by atoms with E-state index in [1.54, 1.807) is 6.20 Å². The van der Waals surface area contributed by atoms with Gasteiger partial charge in [-0.2, -0.15) is 0 Å². The molecule has 0 bridgehead atoms. The van der Waals surface area contributed by atoms with Crippen molar-refractivity contribution in [3.63, 3.8) is 0 Å². The third-order valence-electron chi connectivity index (χ3n) is 1.41. The molecule has 13 heavy (non-hydrogen) atoms. The fourth-order valence-corrected chi connectivity index (χ4v) is 1.54. The number of nitrogens with zero attached hydrogens (tertiary/aromatic N) is 3. The summed E-state index contributed by atoms with van der Waals surface area (Å²) >= 11 is 3.23. The van der Waals surface area contributed by atoms with Gasteiger partial charge in [0.05, 0.1) is 18.0 Å². The summed E-state index contributed by atoms with van der Waals surface area (Å²) in [7, 11) is -2.92. The lowest BCUT2D eigenvalue weighted by atomic mass is 10.5. The second kappa shape index (κ2) is 4.19. The van der Waals surface area contributed by atoms with Crippen molar-refractivity contribution in [2.24, 2.45) is 0 Å². The maximum absolute atomic E-state index is 10.8. The van der Waals surface area contributed by atoms with Crippen LogP contribution in [0.15, 0.2) is 6.20 Å². The lowest BCUT2D eigenvalue weighted by molar-refractivity contribution is 0.579. The fraction of sp³-hybridized carbons (Fsp3) is 0.667. The summed E-state index contributed by atoms with van der Waals surface area (Å²) in [6.07, 6.45) is 2.93. The number of hydrogen-bond donors (Lipinski definition) is 0. The largest absolute Gasteiger partial charge is 0.251 e. The number of aryl methyl sites for hydroxylation is 1. The summed E-state index contributed by atoms with van der Waals surface area (Å²) in [5.74, 6) is 0.0953. The van der Waals surface area contributed by atoms with E-state index < -0.39 is 9.84 Å². The number of sulfone groups is 1. The summed E-state index contributed by atoms with van der Waals surface area (Å²) in [5, 5.41) is 8.20. The standard InChI is InChI=1S/C6H10BrN3O2S/c1-13(11,12)3-2-10-5-6(4-7)8-9-10/h5H,2-4H2,1H3. The summed E-state index contributed by atoms with van der Waals surface area (Å²) in [6, 6.07) is 0. The Kier molecular flexibility index (Phi) is 3.43. The van der Waals surface area contributed by atoms with Crippen LogP contribution >= 0.6 is 15.9 Å². The number of rotatable bonds is 4. The van der Waals surface area contributed by atoms with Crippen LogP contribution in [0.5, 0.6) is 0 Å². The maximum atomic E-state index is 10.8. The molecule has 0 aliphatic rings. The Morgan fingerprint density at radius 1 is 1.62 bits per heavy atom. The molecule has 0 aliphatic heterocycles. The minimum atomic E-state index is -2.92. The van der Waals surface area contributed by atoms with Crippen LogP contribution in [0.2, 0.25) is 0 Å². The van der Waals surface area contributed by atoms with Crippen molar-refractivity contribution in [1.82, 2.24) is 15.0 Å². The van der Waals surface area contributed by atoms with E-state index in [1.165, 1.54) is 10.9 Å². The van der Waals surface area contributed by atoms with Gasteiger partial charge < -0.3 is 0 Å². The highest BCUT2D eigenvalue weighted by molar-refractivity contribution is 9.08. The first kappa shape index (κ1) is 10.6. The predicted octanol–water partition coefficient (Wildman–Crippen LogP) is 0.218. The van der Waals surface area contributed by atoms with Crippen LogP contribution in [0.3, 0.4) is 0 Å². The third-order valence-corrected chi connectivity index (χ3v) is 2.91. The molecule has 7 heteroatoms. The molecule has 1 aromatic heterocycles. The smallest absolute Gasteiger partial charge is 0.149 e. The van der Waals surface area contributed by atoms with Crippen LogP contribution in [0.4, 0.5) is 0 Å². The van der Waals surface area contributed by atoms with E-state index in [-0.39, 0.29) is 5.75 Å². The molecule has 0 radical (unpaired) electrons. The molecular formula is C6H10BrN3O2S. The highest BCUT2D eigenvalue weighted by Crippen LogP contribution is 1.99. The molecule has 1 heterocycles. The summed E-state index contributed by atoms with van der Waals surface area (Å²) in [4.78, 5) is 0. The molecule has 0 atom stereocenters. The lowest BCUT2D eigenvalue weighted by Gasteiger charge is -1.96. The van der Waals surface area contributed by atoms with E-state index >= 15 is 0 Å². The minimum absolute atomic E-state index is 0.0953. The molecule has 1 rings (SSSR count). The van der Waals surface area contributed by atoms with E-state index in [1.807, 2.05) is 0 Å². The zero-order valence-electron chi connectivity index (χ0n) is 7.14. The van der Waals surface area contributed by atoms with E-state index in [4.69, 9.17) is 0 Å².